The quantitative estimate of drug-likeness (QED) is 0.173. The van der Waals surface area contributed by atoms with Crippen LogP contribution in [0.1, 0.15) is 48.3 Å². The number of hydrogen-bond acceptors (Lipinski definition) is 11. The Morgan fingerprint density at radius 1 is 1.02 bits per heavy atom. The van der Waals surface area contributed by atoms with E-state index in [2.05, 4.69) is 0 Å². The number of fused-ring (bicyclic) bond motifs is 6. The van der Waals surface area contributed by atoms with Gasteiger partial charge in [-0.05, 0) is 40.8 Å². The van der Waals surface area contributed by atoms with Gasteiger partial charge in [0.25, 0.3) is 5.91 Å². The maximum absolute atomic E-state index is 14.2. The normalized spacial score (nSPS) is 23.9. The second kappa shape index (κ2) is 9.98. The molecule has 3 heterocycles. The van der Waals surface area contributed by atoms with Gasteiger partial charge in [0, 0.05) is 39.1 Å². The third-order valence-electron chi connectivity index (χ3n) is 8.42. The van der Waals surface area contributed by atoms with Gasteiger partial charge in [-0.3, -0.25) is 24.1 Å². The first-order valence-electron chi connectivity index (χ1n) is 13.1. The Hall–Kier alpha value is -4.71. The number of phenols is 2. The standard InChI is InChI=1S/C30H30N2O10/c1-8-11(2)30(39)42-10-16-17-14(22(33)12(3)27(40-6)25(17)36)9-15-20-18-19(23(34)13(4)28(41-7)26(18)37)24(35)21(31(20)5)29(38)32(15)16/h8-9,16,20-21,34,37H,10H2,1-7H3/b11-8-/t16-,20?,21?/m0/s1. The molecule has 2 bridgehead atoms. The van der Waals surface area contributed by atoms with Crippen LogP contribution in [-0.4, -0.2) is 89.2 Å². The van der Waals surface area contributed by atoms with Gasteiger partial charge >= 0.3 is 5.97 Å². The van der Waals surface area contributed by atoms with Crippen LogP contribution in [0.3, 0.4) is 0 Å². The Labute approximate surface area is 241 Å². The SMILES string of the molecule is C/C=C(/C)C(=O)OC[C@H]1C2=C(C=C3C4c5c(O)c(OC)c(C)c(O)c5C(=O)C(C(=O)N31)N4C)C(=O)C(C)=C(OC)C2=O. The van der Waals surface area contributed by atoms with Gasteiger partial charge in [0.1, 0.15) is 18.4 Å². The molecule has 0 spiro atoms. The Balaban J connectivity index is 1.79. The fraction of sp³-hybridized carbons (Fsp3) is 0.367. The van der Waals surface area contributed by atoms with Crippen molar-refractivity contribution in [1.82, 2.24) is 9.80 Å². The van der Waals surface area contributed by atoms with E-state index < -0.39 is 65.5 Å². The van der Waals surface area contributed by atoms with Crippen molar-refractivity contribution < 1.29 is 48.4 Å². The van der Waals surface area contributed by atoms with E-state index in [1.54, 1.807) is 6.92 Å². The van der Waals surface area contributed by atoms with Crippen LogP contribution in [-0.2, 0) is 28.7 Å². The highest BCUT2D eigenvalue weighted by molar-refractivity contribution is 6.27. The second-order valence-electron chi connectivity index (χ2n) is 10.5. The van der Waals surface area contributed by atoms with Crippen LogP contribution in [0.25, 0.3) is 0 Å². The number of amides is 1. The van der Waals surface area contributed by atoms with Gasteiger partial charge in [0.05, 0.1) is 25.8 Å². The van der Waals surface area contributed by atoms with Gasteiger partial charge in [-0.25, -0.2) is 4.79 Å². The fourth-order valence-corrected chi connectivity index (χ4v) is 6.18. The highest BCUT2D eigenvalue weighted by Crippen LogP contribution is 2.55. The van der Waals surface area contributed by atoms with Crippen molar-refractivity contribution in [2.45, 2.75) is 45.8 Å². The Morgan fingerprint density at radius 2 is 1.69 bits per heavy atom. The molecule has 3 aliphatic heterocycles. The third-order valence-corrected chi connectivity index (χ3v) is 8.42. The first-order valence-corrected chi connectivity index (χ1v) is 13.1. The molecule has 1 aliphatic carbocycles. The molecule has 12 heteroatoms. The number of hydrogen-bond donors (Lipinski definition) is 2. The Kier molecular flexibility index (Phi) is 6.85. The number of likely N-dealkylation sites (N-methyl/N-ethyl adjacent to an activating group) is 1. The van der Waals surface area contributed by atoms with Gasteiger partial charge in [-0.1, -0.05) is 6.08 Å². The molecular weight excluding hydrogens is 548 g/mol. The van der Waals surface area contributed by atoms with Crippen molar-refractivity contribution in [3.05, 3.63) is 62.6 Å². The molecule has 1 saturated heterocycles. The topological polar surface area (TPSA) is 160 Å². The number of nitrogens with zero attached hydrogens (tertiary/aromatic N) is 2. The van der Waals surface area contributed by atoms with Crippen molar-refractivity contribution in [3.63, 3.8) is 0 Å². The minimum atomic E-state index is -1.45. The maximum Gasteiger partial charge on any atom is 0.333 e. The molecule has 0 saturated carbocycles. The highest BCUT2D eigenvalue weighted by atomic mass is 16.5. The number of benzene rings is 1. The van der Waals surface area contributed by atoms with E-state index in [0.29, 0.717) is 0 Å². The number of Topliss-reactive ketones (excluding diaryl/α,β-unsaturated/α-hetero) is 3. The highest BCUT2D eigenvalue weighted by Gasteiger charge is 2.58. The molecule has 1 fully saturated rings. The number of ketones is 3. The minimum absolute atomic E-state index is 0.0218. The summed E-state index contributed by atoms with van der Waals surface area (Å²) in [4.78, 5) is 70.5. The molecule has 0 aromatic heterocycles. The predicted molar refractivity (Wildman–Crippen MR) is 146 cm³/mol. The number of phenolic OH excluding ortho intramolecular Hbond substituents is 2. The first kappa shape index (κ1) is 28.8. The molecule has 0 radical (unpaired) electrons. The maximum atomic E-state index is 14.2. The number of carbonyl (C=O) groups excluding carboxylic acids is 5. The summed E-state index contributed by atoms with van der Waals surface area (Å²) in [5.41, 5.74) is 0.186. The molecule has 4 aliphatic rings. The lowest BCUT2D eigenvalue weighted by atomic mass is 9.75. The molecule has 1 aromatic carbocycles. The molecule has 2 unspecified atom stereocenters. The molecule has 3 atom stereocenters. The largest absolute Gasteiger partial charge is 0.507 e. The molecule has 2 N–H and O–H groups in total. The van der Waals surface area contributed by atoms with Crippen LogP contribution in [0.15, 0.2) is 45.9 Å². The zero-order valence-corrected chi connectivity index (χ0v) is 24.1. The molecule has 5 rings (SSSR count). The van der Waals surface area contributed by atoms with E-state index in [9.17, 15) is 34.2 Å². The third kappa shape index (κ3) is 3.67. The molecule has 42 heavy (non-hydrogen) atoms. The molecule has 1 amide bonds. The van der Waals surface area contributed by atoms with E-state index in [4.69, 9.17) is 14.2 Å². The zero-order valence-electron chi connectivity index (χ0n) is 24.1. The molecule has 220 valence electrons. The number of piperazine rings is 1. The number of carbonyl (C=O) groups is 5. The summed E-state index contributed by atoms with van der Waals surface area (Å²) < 4.78 is 16.1. The number of esters is 1. The molecular formula is C30H30N2O10. The summed E-state index contributed by atoms with van der Waals surface area (Å²) in [6.07, 6.45) is 2.91. The van der Waals surface area contributed by atoms with Gasteiger partial charge < -0.3 is 29.3 Å². The Morgan fingerprint density at radius 3 is 2.29 bits per heavy atom. The van der Waals surface area contributed by atoms with Crippen LogP contribution in [0.5, 0.6) is 17.2 Å². The fourth-order valence-electron chi connectivity index (χ4n) is 6.18. The number of aromatic hydroxyl groups is 2. The molecule has 1 aromatic rings. The van der Waals surface area contributed by atoms with E-state index in [-0.39, 0.29) is 56.2 Å². The number of methoxy groups -OCH3 is 2. The van der Waals surface area contributed by atoms with E-state index in [0.717, 1.165) is 0 Å². The lowest BCUT2D eigenvalue weighted by Gasteiger charge is -2.52. The molecule has 12 nitrogen and oxygen atoms in total. The Bertz CT molecular complexity index is 1640. The van der Waals surface area contributed by atoms with E-state index in [1.165, 1.54) is 64.0 Å². The van der Waals surface area contributed by atoms with Crippen LogP contribution in [0, 0.1) is 6.92 Å². The van der Waals surface area contributed by atoms with Crippen LogP contribution < -0.4 is 4.74 Å². The van der Waals surface area contributed by atoms with Crippen LogP contribution in [0.4, 0.5) is 0 Å². The lowest BCUT2D eigenvalue weighted by Crippen LogP contribution is -2.65. The van der Waals surface area contributed by atoms with Crippen molar-refractivity contribution >= 4 is 29.2 Å². The zero-order chi connectivity index (χ0) is 30.9. The van der Waals surface area contributed by atoms with Crippen molar-refractivity contribution in [2.75, 3.05) is 27.9 Å². The van der Waals surface area contributed by atoms with Gasteiger partial charge in [-0.2, -0.15) is 0 Å². The summed E-state index contributed by atoms with van der Waals surface area (Å²) in [5.74, 6) is -4.56. The predicted octanol–water partition coefficient (Wildman–Crippen LogP) is 1.94. The van der Waals surface area contributed by atoms with Crippen molar-refractivity contribution in [3.8, 4) is 17.2 Å². The smallest absolute Gasteiger partial charge is 0.333 e. The van der Waals surface area contributed by atoms with Crippen LogP contribution >= 0.6 is 0 Å². The van der Waals surface area contributed by atoms with E-state index >= 15 is 0 Å². The average molecular weight is 579 g/mol. The first-order chi connectivity index (χ1) is 19.8. The summed E-state index contributed by atoms with van der Waals surface area (Å²) >= 11 is 0. The van der Waals surface area contributed by atoms with Crippen LogP contribution in [0.2, 0.25) is 0 Å². The minimum Gasteiger partial charge on any atom is -0.507 e. The monoisotopic (exact) mass is 578 g/mol. The number of allylic oxidation sites excluding steroid dienone is 5. The summed E-state index contributed by atoms with van der Waals surface area (Å²) in [7, 11) is 4.05. The van der Waals surface area contributed by atoms with Gasteiger partial charge in [0.15, 0.2) is 34.9 Å². The average Bonchev–Trinajstić information content (AvgIpc) is 2.96. The summed E-state index contributed by atoms with van der Waals surface area (Å²) in [6, 6.07) is -3.79. The second-order valence-corrected chi connectivity index (χ2v) is 10.5. The van der Waals surface area contributed by atoms with Crippen molar-refractivity contribution in [1.29, 1.82) is 0 Å². The number of rotatable bonds is 5. The number of ether oxygens (including phenoxy) is 3. The summed E-state index contributed by atoms with van der Waals surface area (Å²) in [6.45, 7) is 5.58. The van der Waals surface area contributed by atoms with Gasteiger partial charge in [0.2, 0.25) is 5.78 Å². The van der Waals surface area contributed by atoms with Gasteiger partial charge in [-0.15, -0.1) is 0 Å². The van der Waals surface area contributed by atoms with Crippen molar-refractivity contribution in [2.24, 2.45) is 0 Å². The van der Waals surface area contributed by atoms with E-state index in [1.807, 2.05) is 0 Å². The summed E-state index contributed by atoms with van der Waals surface area (Å²) in [5, 5.41) is 22.4. The lowest BCUT2D eigenvalue weighted by molar-refractivity contribution is -0.147.